The van der Waals surface area contributed by atoms with Gasteiger partial charge in [-0.05, 0) is 24.6 Å². The van der Waals surface area contributed by atoms with Crippen molar-refractivity contribution in [2.45, 2.75) is 51.9 Å². The molecule has 20 heavy (non-hydrogen) atoms. The van der Waals surface area contributed by atoms with Crippen molar-refractivity contribution >= 4 is 11.7 Å². The van der Waals surface area contributed by atoms with Crippen molar-refractivity contribution in [3.05, 3.63) is 23.8 Å². The largest absolute Gasteiger partial charge is 0.508 e. The first kappa shape index (κ1) is 16.3. The zero-order chi connectivity index (χ0) is 14.8. The molecule has 0 saturated carbocycles. The average Bonchev–Trinajstić information content (AvgIpc) is 2.44. The van der Waals surface area contributed by atoms with Gasteiger partial charge in [0.05, 0.1) is 12.2 Å². The smallest absolute Gasteiger partial charge is 0.340 e. The number of carbonyl (C=O) groups excluding carboxylic acids is 1. The highest BCUT2D eigenvalue weighted by atomic mass is 16.5. The Bertz CT molecular complexity index is 418. The zero-order valence-corrected chi connectivity index (χ0v) is 12.2. The lowest BCUT2D eigenvalue weighted by Gasteiger charge is -2.07. The van der Waals surface area contributed by atoms with Crippen molar-refractivity contribution in [1.82, 2.24) is 0 Å². The summed E-state index contributed by atoms with van der Waals surface area (Å²) >= 11 is 0. The quantitative estimate of drug-likeness (QED) is 0.311. The van der Waals surface area contributed by atoms with Crippen molar-refractivity contribution in [3.8, 4) is 5.75 Å². The molecule has 0 aromatic heterocycles. The molecule has 0 bridgehead atoms. The van der Waals surface area contributed by atoms with Gasteiger partial charge in [0.15, 0.2) is 0 Å². The number of esters is 1. The maximum Gasteiger partial charge on any atom is 0.340 e. The van der Waals surface area contributed by atoms with E-state index in [1.54, 1.807) is 0 Å². The molecule has 0 aliphatic rings. The van der Waals surface area contributed by atoms with Gasteiger partial charge in [-0.15, -0.1) is 0 Å². The van der Waals surface area contributed by atoms with Crippen LogP contribution in [-0.4, -0.2) is 17.7 Å². The SMILES string of the molecule is CCCCCCCCCOC(=O)c1cc(O)ccc1N. The number of benzene rings is 1. The Morgan fingerprint density at radius 1 is 1.15 bits per heavy atom. The molecule has 0 fully saturated rings. The molecule has 0 unspecified atom stereocenters. The Morgan fingerprint density at radius 3 is 2.50 bits per heavy atom. The molecule has 0 amide bonds. The van der Waals surface area contributed by atoms with E-state index in [2.05, 4.69) is 6.92 Å². The van der Waals surface area contributed by atoms with E-state index < -0.39 is 5.97 Å². The highest BCUT2D eigenvalue weighted by Gasteiger charge is 2.11. The molecule has 1 rings (SSSR count). The Morgan fingerprint density at radius 2 is 1.80 bits per heavy atom. The minimum absolute atomic E-state index is 0.0158. The van der Waals surface area contributed by atoms with Gasteiger partial charge in [-0.1, -0.05) is 45.4 Å². The summed E-state index contributed by atoms with van der Waals surface area (Å²) in [5, 5.41) is 9.34. The summed E-state index contributed by atoms with van der Waals surface area (Å²) in [6.45, 7) is 2.61. The number of aromatic hydroxyl groups is 1. The highest BCUT2D eigenvalue weighted by Crippen LogP contribution is 2.19. The minimum Gasteiger partial charge on any atom is -0.508 e. The second-order valence-corrected chi connectivity index (χ2v) is 5.03. The number of ether oxygens (including phenoxy) is 1. The molecule has 0 radical (unpaired) electrons. The van der Waals surface area contributed by atoms with Gasteiger partial charge < -0.3 is 15.6 Å². The summed E-state index contributed by atoms with van der Waals surface area (Å²) in [5.74, 6) is -0.452. The molecule has 0 aliphatic heterocycles. The maximum atomic E-state index is 11.8. The molecule has 0 atom stereocenters. The van der Waals surface area contributed by atoms with Gasteiger partial charge in [-0.25, -0.2) is 4.79 Å². The number of phenolic OH excluding ortho intramolecular Hbond substituents is 1. The van der Waals surface area contributed by atoms with Crippen LogP contribution in [0.25, 0.3) is 0 Å². The van der Waals surface area contributed by atoms with Crippen LogP contribution >= 0.6 is 0 Å². The van der Waals surface area contributed by atoms with Gasteiger partial charge in [0, 0.05) is 5.69 Å². The lowest BCUT2D eigenvalue weighted by atomic mass is 10.1. The second-order valence-electron chi connectivity index (χ2n) is 5.03. The van der Waals surface area contributed by atoms with Crippen LogP contribution < -0.4 is 5.73 Å². The van der Waals surface area contributed by atoms with E-state index in [1.165, 1.54) is 50.3 Å². The Hall–Kier alpha value is -1.71. The molecular formula is C16H25NO3. The minimum atomic E-state index is -0.468. The van der Waals surface area contributed by atoms with Crippen LogP contribution in [0.1, 0.15) is 62.2 Å². The zero-order valence-electron chi connectivity index (χ0n) is 12.2. The van der Waals surface area contributed by atoms with E-state index in [4.69, 9.17) is 10.5 Å². The highest BCUT2D eigenvalue weighted by molar-refractivity contribution is 5.95. The molecule has 112 valence electrons. The van der Waals surface area contributed by atoms with Gasteiger partial charge >= 0.3 is 5.97 Å². The lowest BCUT2D eigenvalue weighted by Crippen LogP contribution is -2.09. The summed E-state index contributed by atoms with van der Waals surface area (Å²) in [6.07, 6.45) is 8.22. The van der Waals surface area contributed by atoms with Crippen LogP contribution in [0, 0.1) is 0 Å². The molecular weight excluding hydrogens is 254 g/mol. The first-order valence-electron chi connectivity index (χ1n) is 7.40. The van der Waals surface area contributed by atoms with Crippen LogP contribution in [0.4, 0.5) is 5.69 Å². The molecule has 0 heterocycles. The summed E-state index contributed by atoms with van der Waals surface area (Å²) < 4.78 is 5.16. The molecule has 0 spiro atoms. The predicted molar refractivity (Wildman–Crippen MR) is 80.8 cm³/mol. The van der Waals surface area contributed by atoms with Gasteiger partial charge in [0.2, 0.25) is 0 Å². The van der Waals surface area contributed by atoms with Crippen molar-refractivity contribution in [2.24, 2.45) is 0 Å². The molecule has 1 aromatic rings. The van der Waals surface area contributed by atoms with E-state index in [-0.39, 0.29) is 11.3 Å². The number of nitrogen functional groups attached to an aromatic ring is 1. The van der Waals surface area contributed by atoms with Crippen LogP contribution in [-0.2, 0) is 4.74 Å². The molecule has 4 heteroatoms. The van der Waals surface area contributed by atoms with Gasteiger partial charge in [0.25, 0.3) is 0 Å². The summed E-state index contributed by atoms with van der Waals surface area (Å²) in [6, 6.07) is 4.28. The third kappa shape index (κ3) is 5.95. The van der Waals surface area contributed by atoms with E-state index >= 15 is 0 Å². The number of carbonyl (C=O) groups is 1. The summed E-state index contributed by atoms with van der Waals surface area (Å²) in [4.78, 5) is 11.8. The third-order valence-electron chi connectivity index (χ3n) is 3.24. The topological polar surface area (TPSA) is 72.5 Å². The number of rotatable bonds is 9. The Kier molecular flexibility index (Phi) is 7.55. The molecule has 0 saturated heterocycles. The van der Waals surface area contributed by atoms with Crippen molar-refractivity contribution in [2.75, 3.05) is 12.3 Å². The van der Waals surface area contributed by atoms with E-state index in [9.17, 15) is 9.90 Å². The monoisotopic (exact) mass is 279 g/mol. The molecule has 1 aromatic carbocycles. The summed E-state index contributed by atoms with van der Waals surface area (Å²) in [5.41, 5.74) is 6.23. The molecule has 3 N–H and O–H groups in total. The van der Waals surface area contributed by atoms with Gasteiger partial charge in [0.1, 0.15) is 5.75 Å². The van der Waals surface area contributed by atoms with E-state index in [0.717, 1.165) is 12.8 Å². The van der Waals surface area contributed by atoms with Crippen LogP contribution in [0.5, 0.6) is 5.75 Å². The fourth-order valence-corrected chi connectivity index (χ4v) is 2.02. The normalized spacial score (nSPS) is 10.4. The fraction of sp³-hybridized carbons (Fsp3) is 0.562. The molecule has 0 aliphatic carbocycles. The Balaban J connectivity index is 2.18. The lowest BCUT2D eigenvalue weighted by molar-refractivity contribution is 0.0498. The first-order valence-corrected chi connectivity index (χ1v) is 7.40. The van der Waals surface area contributed by atoms with Crippen LogP contribution in [0.15, 0.2) is 18.2 Å². The fourth-order valence-electron chi connectivity index (χ4n) is 2.02. The van der Waals surface area contributed by atoms with Crippen molar-refractivity contribution < 1.29 is 14.6 Å². The number of nitrogens with two attached hydrogens (primary N) is 1. The van der Waals surface area contributed by atoms with E-state index in [1.807, 2.05) is 0 Å². The first-order chi connectivity index (χ1) is 9.65. The number of unbranched alkanes of at least 4 members (excludes halogenated alkanes) is 6. The van der Waals surface area contributed by atoms with Crippen LogP contribution in [0.3, 0.4) is 0 Å². The number of phenols is 1. The summed E-state index contributed by atoms with van der Waals surface area (Å²) in [7, 11) is 0. The van der Waals surface area contributed by atoms with Crippen molar-refractivity contribution in [3.63, 3.8) is 0 Å². The van der Waals surface area contributed by atoms with Gasteiger partial charge in [-0.3, -0.25) is 0 Å². The number of anilines is 1. The van der Waals surface area contributed by atoms with E-state index in [0.29, 0.717) is 12.3 Å². The molecule has 4 nitrogen and oxygen atoms in total. The van der Waals surface area contributed by atoms with Gasteiger partial charge in [-0.2, -0.15) is 0 Å². The van der Waals surface area contributed by atoms with Crippen molar-refractivity contribution in [1.29, 1.82) is 0 Å². The predicted octanol–water partition coefficient (Wildman–Crippen LogP) is 3.88. The second kappa shape index (κ2) is 9.23. The standard InChI is InChI=1S/C16H25NO3/c1-2-3-4-5-6-7-8-11-20-16(19)14-12-13(18)9-10-15(14)17/h9-10,12,18H,2-8,11,17H2,1H3. The maximum absolute atomic E-state index is 11.8. The van der Waals surface area contributed by atoms with Crippen LogP contribution in [0.2, 0.25) is 0 Å². The Labute approximate surface area is 120 Å². The third-order valence-corrected chi connectivity index (χ3v) is 3.24. The number of hydrogen-bond acceptors (Lipinski definition) is 4. The number of hydrogen-bond donors (Lipinski definition) is 2. The average molecular weight is 279 g/mol.